The Balaban J connectivity index is 1.85. The monoisotopic (exact) mass is 466 g/mol. The van der Waals surface area contributed by atoms with Crippen molar-refractivity contribution in [2.24, 2.45) is 0 Å². The average Bonchev–Trinajstić information content (AvgIpc) is 3.31. The summed E-state index contributed by atoms with van der Waals surface area (Å²) in [5, 5.41) is 18.6. The van der Waals surface area contributed by atoms with Crippen LogP contribution in [-0.4, -0.2) is 24.4 Å². The summed E-state index contributed by atoms with van der Waals surface area (Å²) >= 11 is 6.14. The van der Waals surface area contributed by atoms with E-state index >= 15 is 0 Å². The zero-order chi connectivity index (χ0) is 23.7. The molecule has 0 aliphatic carbocycles. The number of aromatic nitrogens is 5. The van der Waals surface area contributed by atoms with E-state index in [1.54, 1.807) is 45.9 Å². The molecule has 0 aliphatic rings. The summed E-state index contributed by atoms with van der Waals surface area (Å²) < 4.78 is 3.46. The van der Waals surface area contributed by atoms with Crippen LogP contribution in [0.25, 0.3) is 27.9 Å². The summed E-state index contributed by atoms with van der Waals surface area (Å²) in [4.78, 5) is 18.2. The van der Waals surface area contributed by atoms with Crippen molar-refractivity contribution in [3.05, 3.63) is 105 Å². The summed E-state index contributed by atoms with van der Waals surface area (Å²) in [6.07, 6.45) is 3.93. The highest BCUT2D eigenvalue weighted by Gasteiger charge is 2.23. The number of rotatable bonds is 5. The van der Waals surface area contributed by atoms with Gasteiger partial charge >= 0.3 is 0 Å². The second kappa shape index (κ2) is 8.93. The quantitative estimate of drug-likeness (QED) is 0.372. The molecular weight excluding hydrogens is 448 g/mol. The van der Waals surface area contributed by atoms with E-state index in [4.69, 9.17) is 16.9 Å². The van der Waals surface area contributed by atoms with Gasteiger partial charge in [-0.25, -0.2) is 9.20 Å². The molecule has 3 aromatic heterocycles. The van der Waals surface area contributed by atoms with Gasteiger partial charge in [0.2, 0.25) is 0 Å². The highest BCUT2D eigenvalue weighted by Crippen LogP contribution is 2.33. The molecule has 5 aromatic rings. The maximum atomic E-state index is 14.1. The van der Waals surface area contributed by atoms with Crippen molar-refractivity contribution in [2.45, 2.75) is 19.9 Å². The second-order valence-electron chi connectivity index (χ2n) is 7.77. The van der Waals surface area contributed by atoms with Gasteiger partial charge in [0.15, 0.2) is 11.5 Å². The van der Waals surface area contributed by atoms with Crippen LogP contribution in [-0.2, 0) is 13.0 Å². The largest absolute Gasteiger partial charge is 0.274 e. The molecule has 0 saturated heterocycles. The van der Waals surface area contributed by atoms with E-state index in [1.165, 1.54) is 0 Å². The van der Waals surface area contributed by atoms with E-state index in [0.717, 1.165) is 16.7 Å². The number of hydrogen-bond donors (Lipinski definition) is 0. The Kier molecular flexibility index (Phi) is 5.66. The first-order valence-corrected chi connectivity index (χ1v) is 11.1. The first kappa shape index (κ1) is 21.6. The molecule has 0 atom stereocenters. The highest BCUT2D eigenvalue weighted by molar-refractivity contribution is 6.30. The molecule has 8 heteroatoms. The van der Waals surface area contributed by atoms with E-state index in [0.29, 0.717) is 46.2 Å². The molecule has 0 radical (unpaired) electrons. The minimum Gasteiger partial charge on any atom is -0.267 e. The van der Waals surface area contributed by atoms with Gasteiger partial charge < -0.3 is 0 Å². The summed E-state index contributed by atoms with van der Waals surface area (Å²) in [5.74, 6) is 0.678. The lowest BCUT2D eigenvalue weighted by Crippen LogP contribution is -2.30. The third-order valence-electron chi connectivity index (χ3n) is 5.70. The van der Waals surface area contributed by atoms with Crippen molar-refractivity contribution < 1.29 is 0 Å². The van der Waals surface area contributed by atoms with Crippen molar-refractivity contribution in [2.75, 3.05) is 0 Å². The van der Waals surface area contributed by atoms with Gasteiger partial charge in [0, 0.05) is 29.4 Å². The van der Waals surface area contributed by atoms with Gasteiger partial charge in [0.1, 0.15) is 0 Å². The van der Waals surface area contributed by atoms with Gasteiger partial charge in [-0.2, -0.15) is 5.26 Å². The Labute approximate surface area is 200 Å². The molecule has 0 aliphatic heterocycles. The molecule has 5 rings (SSSR count). The summed E-state index contributed by atoms with van der Waals surface area (Å²) in [6.45, 7) is 2.27. The molecule has 2 aromatic carbocycles. The van der Waals surface area contributed by atoms with Crippen LogP contribution >= 0.6 is 11.6 Å². The standard InChI is InChI=1S/C26H19ClN6O/c1-2-22-30-31-25-23(19-7-9-21(27)10-8-19)24(20-11-13-29-14-12-20)26(34)32(33(22)25)16-18-5-3-17(15-28)4-6-18/h3-14H,2,16H2,1H3. The Morgan fingerprint density at radius 2 is 1.59 bits per heavy atom. The fourth-order valence-corrected chi connectivity index (χ4v) is 4.18. The van der Waals surface area contributed by atoms with Crippen LogP contribution in [0, 0.1) is 11.3 Å². The molecule has 0 amide bonds. The van der Waals surface area contributed by atoms with E-state index < -0.39 is 0 Å². The van der Waals surface area contributed by atoms with Gasteiger partial charge in [-0.05, 0) is 53.1 Å². The van der Waals surface area contributed by atoms with Crippen LogP contribution in [0.2, 0.25) is 5.02 Å². The van der Waals surface area contributed by atoms with Gasteiger partial charge in [-0.3, -0.25) is 9.78 Å². The van der Waals surface area contributed by atoms with Crippen LogP contribution in [0.5, 0.6) is 0 Å². The lowest BCUT2D eigenvalue weighted by Gasteiger charge is -2.17. The first-order chi connectivity index (χ1) is 16.6. The topological polar surface area (TPSA) is 88.9 Å². The number of pyridine rings is 1. The SMILES string of the molecule is CCc1nnc2c(-c3ccc(Cl)cc3)c(-c3ccncc3)c(=O)n(Cc3ccc(C#N)cc3)n12. The number of aryl methyl sites for hydroxylation is 1. The number of nitrogens with zero attached hydrogens (tertiary/aromatic N) is 6. The van der Waals surface area contributed by atoms with E-state index in [2.05, 4.69) is 21.3 Å². The Hall–Kier alpha value is -4.28. The minimum absolute atomic E-state index is 0.178. The van der Waals surface area contributed by atoms with Crippen LogP contribution in [0.15, 0.2) is 77.9 Å². The lowest BCUT2D eigenvalue weighted by atomic mass is 9.97. The normalized spacial score (nSPS) is 11.0. The fourth-order valence-electron chi connectivity index (χ4n) is 4.06. The van der Waals surface area contributed by atoms with Crippen molar-refractivity contribution in [1.29, 1.82) is 5.26 Å². The predicted molar refractivity (Wildman–Crippen MR) is 131 cm³/mol. The highest BCUT2D eigenvalue weighted by atomic mass is 35.5. The molecule has 0 unspecified atom stereocenters. The molecular formula is C26H19ClN6O. The van der Waals surface area contributed by atoms with Crippen molar-refractivity contribution in [3.63, 3.8) is 0 Å². The Bertz CT molecular complexity index is 1580. The molecule has 7 nitrogen and oxygen atoms in total. The summed E-state index contributed by atoms with van der Waals surface area (Å²) in [7, 11) is 0. The van der Waals surface area contributed by atoms with Crippen LogP contribution in [0.3, 0.4) is 0 Å². The molecule has 34 heavy (non-hydrogen) atoms. The Morgan fingerprint density at radius 1 is 0.912 bits per heavy atom. The van der Waals surface area contributed by atoms with E-state index in [1.807, 2.05) is 43.3 Å². The smallest absolute Gasteiger partial charge is 0.267 e. The van der Waals surface area contributed by atoms with Crippen LogP contribution in [0.1, 0.15) is 23.9 Å². The molecule has 0 saturated carbocycles. The van der Waals surface area contributed by atoms with Gasteiger partial charge in [-0.15, -0.1) is 10.2 Å². The molecule has 166 valence electrons. The molecule has 0 fully saturated rings. The van der Waals surface area contributed by atoms with Crippen LogP contribution < -0.4 is 5.56 Å². The van der Waals surface area contributed by atoms with E-state index in [-0.39, 0.29) is 5.56 Å². The maximum Gasteiger partial charge on any atom is 0.274 e. The molecule has 3 heterocycles. The Morgan fingerprint density at radius 3 is 2.24 bits per heavy atom. The van der Waals surface area contributed by atoms with Gasteiger partial charge in [0.05, 0.1) is 23.7 Å². The average molecular weight is 467 g/mol. The zero-order valence-corrected chi connectivity index (χ0v) is 19.1. The minimum atomic E-state index is -0.178. The van der Waals surface area contributed by atoms with Gasteiger partial charge in [0.25, 0.3) is 5.56 Å². The number of fused-ring (bicyclic) bond motifs is 1. The number of hydrogen-bond acceptors (Lipinski definition) is 5. The van der Waals surface area contributed by atoms with Gasteiger partial charge in [-0.1, -0.05) is 42.8 Å². The lowest BCUT2D eigenvalue weighted by molar-refractivity contribution is 0.581. The fraction of sp³-hybridized carbons (Fsp3) is 0.115. The van der Waals surface area contributed by atoms with E-state index in [9.17, 15) is 4.79 Å². The first-order valence-electron chi connectivity index (χ1n) is 10.8. The number of halogens is 1. The molecule has 0 spiro atoms. The molecule has 0 N–H and O–H groups in total. The third-order valence-corrected chi connectivity index (χ3v) is 5.95. The van der Waals surface area contributed by atoms with Crippen molar-refractivity contribution in [1.82, 2.24) is 24.4 Å². The number of benzene rings is 2. The van der Waals surface area contributed by atoms with Crippen LogP contribution in [0.4, 0.5) is 0 Å². The summed E-state index contributed by atoms with van der Waals surface area (Å²) in [5.41, 5.74) is 4.62. The second-order valence-corrected chi connectivity index (χ2v) is 8.21. The zero-order valence-electron chi connectivity index (χ0n) is 18.3. The molecule has 0 bridgehead atoms. The van der Waals surface area contributed by atoms with Crippen molar-refractivity contribution in [3.8, 4) is 28.3 Å². The summed E-state index contributed by atoms with van der Waals surface area (Å²) in [6, 6.07) is 20.3. The predicted octanol–water partition coefficient (Wildman–Crippen LogP) is 4.76. The third kappa shape index (κ3) is 3.74. The van der Waals surface area contributed by atoms with Crippen molar-refractivity contribution >= 4 is 17.2 Å². The maximum absolute atomic E-state index is 14.1. The number of nitriles is 1.